The van der Waals surface area contributed by atoms with Crippen LogP contribution in [0.25, 0.3) is 0 Å². The predicted octanol–water partition coefficient (Wildman–Crippen LogP) is 4.85. The SMILES string of the molecule is CC1(C)C(NC(=O)c2ccc(N3CCC(CN4C5CC4CN(c4ccc6c(c4)C(=O)N(N4CCC(=O)NC4=O)C6=O)C5)CC3)nc2)C(C)(C)C1Oc1ccc(C#N)c(Cl)c1. The Balaban J connectivity index is 0.746. The molecule has 1 saturated carbocycles. The number of benzene rings is 2. The van der Waals surface area contributed by atoms with Crippen molar-refractivity contribution in [3.63, 3.8) is 0 Å². The molecule has 1 aromatic heterocycles. The first-order valence-electron chi connectivity index (χ1n) is 20.7. The average molecular weight is 834 g/mol. The molecule has 0 spiro atoms. The number of halogens is 1. The van der Waals surface area contributed by atoms with Crippen molar-refractivity contribution in [3.05, 3.63) is 82.0 Å². The molecular weight excluding hydrogens is 786 g/mol. The van der Waals surface area contributed by atoms with Gasteiger partial charge in [0.2, 0.25) is 5.91 Å². The highest BCUT2D eigenvalue weighted by Crippen LogP contribution is 2.55. The monoisotopic (exact) mass is 833 g/mol. The maximum absolute atomic E-state index is 13.5. The van der Waals surface area contributed by atoms with Crippen LogP contribution < -0.4 is 25.2 Å². The summed E-state index contributed by atoms with van der Waals surface area (Å²) >= 11 is 6.25. The number of aromatic nitrogens is 1. The number of pyridine rings is 1. The summed E-state index contributed by atoms with van der Waals surface area (Å²) in [5, 5.41) is 16.9. The Bertz CT molecular complexity index is 2310. The number of nitrogens with one attached hydrogen (secondary N) is 2. The Kier molecular flexibility index (Phi) is 9.78. The molecule has 2 bridgehead atoms. The fourth-order valence-corrected chi connectivity index (χ4v) is 10.9. The maximum atomic E-state index is 13.5. The third-order valence-corrected chi connectivity index (χ3v) is 14.0. The molecule has 3 aromatic rings. The topological polar surface area (TPSA) is 172 Å². The summed E-state index contributed by atoms with van der Waals surface area (Å²) in [6, 6.07) is 16.1. The number of hydrogen-bond donors (Lipinski definition) is 2. The second kappa shape index (κ2) is 14.8. The molecule has 1 aliphatic carbocycles. The van der Waals surface area contributed by atoms with Gasteiger partial charge in [-0.15, -0.1) is 0 Å². The Morgan fingerprint density at radius 2 is 1.65 bits per heavy atom. The lowest BCUT2D eigenvalue weighted by atomic mass is 9.49. The van der Waals surface area contributed by atoms with E-state index in [1.807, 2.05) is 18.2 Å². The summed E-state index contributed by atoms with van der Waals surface area (Å²) in [6.45, 7) is 12.8. The van der Waals surface area contributed by atoms with Crippen molar-refractivity contribution in [1.82, 2.24) is 30.5 Å². The van der Waals surface area contributed by atoms with Crippen LogP contribution in [-0.4, -0.2) is 113 Å². The summed E-state index contributed by atoms with van der Waals surface area (Å²) in [4.78, 5) is 76.0. The van der Waals surface area contributed by atoms with E-state index in [0.29, 0.717) is 39.9 Å². The smallest absolute Gasteiger partial charge is 0.343 e. The van der Waals surface area contributed by atoms with Gasteiger partial charge >= 0.3 is 6.03 Å². The predicted molar refractivity (Wildman–Crippen MR) is 221 cm³/mol. The zero-order valence-corrected chi connectivity index (χ0v) is 34.9. The molecule has 0 radical (unpaired) electrons. The Morgan fingerprint density at radius 3 is 2.30 bits per heavy atom. The summed E-state index contributed by atoms with van der Waals surface area (Å²) in [5.41, 5.74) is 1.57. The number of hydrazine groups is 1. The van der Waals surface area contributed by atoms with Gasteiger partial charge in [-0.25, -0.2) is 14.8 Å². The second-order valence-corrected chi connectivity index (χ2v) is 18.6. The zero-order chi connectivity index (χ0) is 42.2. The first kappa shape index (κ1) is 39.7. The fraction of sp³-hybridized carbons (Fsp3) is 0.477. The molecule has 6 fully saturated rings. The van der Waals surface area contributed by atoms with Crippen molar-refractivity contribution in [2.24, 2.45) is 16.7 Å². The van der Waals surface area contributed by atoms with Crippen LogP contribution in [0.5, 0.6) is 5.75 Å². The minimum Gasteiger partial charge on any atom is -0.489 e. The minimum atomic E-state index is -0.774. The number of carbonyl (C=O) groups excluding carboxylic acids is 5. The van der Waals surface area contributed by atoms with E-state index in [9.17, 15) is 29.2 Å². The average Bonchev–Trinajstić information content (AvgIpc) is 3.48. The first-order valence-corrected chi connectivity index (χ1v) is 21.0. The molecule has 2 N–H and O–H groups in total. The molecule has 2 unspecified atom stereocenters. The molecule has 6 aliphatic heterocycles. The Morgan fingerprint density at radius 1 is 0.933 bits per heavy atom. The number of ether oxygens (including phenoxy) is 1. The Labute approximate surface area is 353 Å². The zero-order valence-electron chi connectivity index (χ0n) is 34.1. The van der Waals surface area contributed by atoms with Gasteiger partial charge in [-0.1, -0.05) is 39.3 Å². The number of rotatable bonds is 9. The second-order valence-electron chi connectivity index (χ2n) is 18.2. The largest absolute Gasteiger partial charge is 0.489 e. The van der Waals surface area contributed by atoms with Gasteiger partial charge in [0.15, 0.2) is 0 Å². The minimum absolute atomic E-state index is 0.0161. The molecule has 5 saturated heterocycles. The van der Waals surface area contributed by atoms with E-state index >= 15 is 0 Å². The van der Waals surface area contributed by atoms with Gasteiger partial charge in [0.1, 0.15) is 23.7 Å². The van der Waals surface area contributed by atoms with Crippen molar-refractivity contribution in [1.29, 1.82) is 5.26 Å². The van der Waals surface area contributed by atoms with Crippen molar-refractivity contribution < 1.29 is 28.7 Å². The van der Waals surface area contributed by atoms with E-state index in [2.05, 4.69) is 59.1 Å². The highest BCUT2D eigenvalue weighted by atomic mass is 35.5. The number of hydrogen-bond acceptors (Lipinski definition) is 11. The number of carbonyl (C=O) groups is 5. The third-order valence-electron chi connectivity index (χ3n) is 13.7. The normalized spacial score (nSPS) is 25.9. The molecular formula is C44H48ClN9O6. The van der Waals surface area contributed by atoms with Gasteiger partial charge < -0.3 is 19.9 Å². The molecule has 2 atom stereocenters. The number of imide groups is 2. The van der Waals surface area contributed by atoms with Crippen LogP contribution >= 0.6 is 11.6 Å². The lowest BCUT2D eigenvalue weighted by Gasteiger charge is -2.63. The van der Waals surface area contributed by atoms with Gasteiger partial charge in [0.05, 0.1) is 33.8 Å². The first-order chi connectivity index (χ1) is 28.6. The van der Waals surface area contributed by atoms with Crippen LogP contribution in [0.1, 0.15) is 90.0 Å². The summed E-state index contributed by atoms with van der Waals surface area (Å²) in [5.74, 6) is 0.296. The van der Waals surface area contributed by atoms with Crippen LogP contribution in [0, 0.1) is 28.1 Å². The highest BCUT2D eigenvalue weighted by Gasteiger charge is 2.64. The Hall–Kier alpha value is -5.72. The number of fused-ring (bicyclic) bond motifs is 3. The number of piperazine rings is 1. The molecule has 7 heterocycles. The van der Waals surface area contributed by atoms with Gasteiger partial charge in [-0.3, -0.25) is 29.4 Å². The number of amides is 6. The molecule has 15 nitrogen and oxygen atoms in total. The van der Waals surface area contributed by atoms with Crippen LogP contribution in [0.3, 0.4) is 0 Å². The third kappa shape index (κ3) is 6.70. The molecule has 16 heteroatoms. The summed E-state index contributed by atoms with van der Waals surface area (Å²) in [7, 11) is 0. The van der Waals surface area contributed by atoms with Crippen molar-refractivity contribution in [2.45, 2.75) is 77.6 Å². The van der Waals surface area contributed by atoms with Gasteiger partial charge in [0.25, 0.3) is 17.7 Å². The van der Waals surface area contributed by atoms with Crippen LogP contribution in [0.2, 0.25) is 5.02 Å². The van der Waals surface area contributed by atoms with Gasteiger partial charge in [0, 0.05) is 86.1 Å². The fourth-order valence-electron chi connectivity index (χ4n) is 10.7. The quantitative estimate of drug-likeness (QED) is 0.283. The van der Waals surface area contributed by atoms with Gasteiger partial charge in [-0.05, 0) is 67.6 Å². The number of anilines is 2. The van der Waals surface area contributed by atoms with Crippen LogP contribution in [0.4, 0.5) is 16.3 Å². The highest BCUT2D eigenvalue weighted by molar-refractivity contribution is 6.31. The van der Waals surface area contributed by atoms with Crippen LogP contribution in [-0.2, 0) is 4.79 Å². The number of nitriles is 1. The van der Waals surface area contributed by atoms with Gasteiger partial charge in [-0.2, -0.15) is 10.3 Å². The maximum Gasteiger partial charge on any atom is 0.343 e. The number of urea groups is 1. The number of piperidine rings is 2. The van der Waals surface area contributed by atoms with Crippen molar-refractivity contribution in [3.8, 4) is 11.8 Å². The molecule has 10 rings (SSSR count). The summed E-state index contributed by atoms with van der Waals surface area (Å²) < 4.78 is 6.38. The lowest BCUT2D eigenvalue weighted by molar-refractivity contribution is -0.164. The van der Waals surface area contributed by atoms with Crippen molar-refractivity contribution in [2.75, 3.05) is 49.1 Å². The molecule has 2 aromatic carbocycles. The molecule has 7 aliphatic rings. The van der Waals surface area contributed by atoms with E-state index < -0.39 is 23.8 Å². The van der Waals surface area contributed by atoms with E-state index in [0.717, 1.165) is 73.5 Å². The van der Waals surface area contributed by atoms with E-state index in [1.165, 1.54) is 0 Å². The standard InChI is InChI=1S/C44H48ClN9O6/c1-43(2)40(44(3,4)41(43)60-31-8-5-26(20-46)34(45)19-31)49-37(56)27-6-10-35(47-21-27)50-14-11-25(12-15-50)22-52-29-17-30(52)24-51(23-29)28-7-9-32-33(18-28)39(58)54(38(32)57)53-16-13-36(55)48-42(53)59/h5-10,18-19,21,25,29-30,40-41H,11-17,22-24H2,1-4H3,(H,49,56)(H,48,55,59). The van der Waals surface area contributed by atoms with E-state index in [4.69, 9.17) is 21.3 Å². The van der Waals surface area contributed by atoms with E-state index in [-0.39, 0.29) is 53.0 Å². The molecule has 312 valence electrons. The lowest BCUT2D eigenvalue weighted by Crippen LogP contribution is -2.74. The molecule has 60 heavy (non-hydrogen) atoms. The van der Waals surface area contributed by atoms with E-state index in [1.54, 1.807) is 36.5 Å². The number of nitrogens with zero attached hydrogens (tertiary/aromatic N) is 7. The molecule has 6 amide bonds. The summed E-state index contributed by atoms with van der Waals surface area (Å²) in [6.07, 6.45) is 4.72. The van der Waals surface area contributed by atoms with Crippen molar-refractivity contribution >= 4 is 52.8 Å². The van der Waals surface area contributed by atoms with Crippen LogP contribution in [0.15, 0.2) is 54.7 Å².